The maximum atomic E-state index is 12.3. The van der Waals surface area contributed by atoms with Crippen molar-refractivity contribution in [2.24, 2.45) is 0 Å². The van der Waals surface area contributed by atoms with E-state index in [2.05, 4.69) is 22.3 Å². The molecule has 1 saturated heterocycles. The van der Waals surface area contributed by atoms with E-state index in [1.807, 2.05) is 17.0 Å². The Balaban J connectivity index is 1.47. The summed E-state index contributed by atoms with van der Waals surface area (Å²) in [6, 6.07) is 8.27. The largest absolute Gasteiger partial charge is 0.392 e. The highest BCUT2D eigenvalue weighted by molar-refractivity contribution is 5.89. The molecule has 2 amide bonds. The number of urea groups is 1. The third-order valence-corrected chi connectivity index (χ3v) is 4.92. The predicted molar refractivity (Wildman–Crippen MR) is 91.7 cm³/mol. The number of aliphatic hydroxyl groups is 1. The van der Waals surface area contributed by atoms with Gasteiger partial charge in [0.1, 0.15) is 0 Å². The third kappa shape index (κ3) is 4.24. The second-order valence-corrected chi connectivity index (χ2v) is 6.82. The predicted octanol–water partition coefficient (Wildman–Crippen LogP) is 2.48. The fourth-order valence-corrected chi connectivity index (χ4v) is 3.29. The highest BCUT2D eigenvalue weighted by Crippen LogP contribution is 2.36. The molecule has 0 unspecified atom stereocenters. The fourth-order valence-electron chi connectivity index (χ4n) is 3.29. The molecule has 0 aromatic heterocycles. The zero-order chi connectivity index (χ0) is 16.2. The summed E-state index contributed by atoms with van der Waals surface area (Å²) in [6.07, 6.45) is 3.61. The average Bonchev–Trinajstić information content (AvgIpc) is 2.47. The number of aliphatic hydroxyl groups excluding tert-OH is 1. The fraction of sp³-hybridized carbons (Fsp3) is 0.611. The van der Waals surface area contributed by atoms with Crippen LogP contribution in [0, 0.1) is 0 Å². The van der Waals surface area contributed by atoms with E-state index in [1.54, 1.807) is 6.92 Å². The zero-order valence-corrected chi connectivity index (χ0v) is 13.9. The highest BCUT2D eigenvalue weighted by atomic mass is 16.3. The van der Waals surface area contributed by atoms with Crippen LogP contribution >= 0.6 is 0 Å². The lowest BCUT2D eigenvalue weighted by Crippen LogP contribution is -2.51. The lowest BCUT2D eigenvalue weighted by molar-refractivity contribution is 0.0924. The normalized spacial score (nSPS) is 20.9. The van der Waals surface area contributed by atoms with Crippen molar-refractivity contribution >= 4 is 11.7 Å². The minimum absolute atomic E-state index is 0.0295. The quantitative estimate of drug-likeness (QED) is 0.897. The molecular weight excluding hydrogens is 290 g/mol. The Kier molecular flexibility index (Phi) is 5.18. The number of carbonyl (C=O) groups excluding carboxylic acids is 1. The van der Waals surface area contributed by atoms with Gasteiger partial charge >= 0.3 is 6.03 Å². The molecule has 0 spiro atoms. The Hall–Kier alpha value is -1.59. The van der Waals surface area contributed by atoms with Gasteiger partial charge in [-0.3, -0.25) is 4.90 Å². The van der Waals surface area contributed by atoms with Gasteiger partial charge in [-0.05, 0) is 43.4 Å². The Bertz CT molecular complexity index is 518. The molecule has 5 nitrogen and oxygen atoms in total. The Morgan fingerprint density at radius 1 is 1.22 bits per heavy atom. The summed E-state index contributed by atoms with van der Waals surface area (Å²) in [6.45, 7) is 5.53. The summed E-state index contributed by atoms with van der Waals surface area (Å²) in [7, 11) is 0. The summed E-state index contributed by atoms with van der Waals surface area (Å²) in [4.78, 5) is 16.4. The first-order valence-corrected chi connectivity index (χ1v) is 8.68. The number of hydrogen-bond donors (Lipinski definition) is 2. The summed E-state index contributed by atoms with van der Waals surface area (Å²) in [5.41, 5.74) is 2.26. The minimum Gasteiger partial charge on any atom is -0.392 e. The SMILES string of the molecule is C[C@H](O)CN1CCN(C(=O)Nc2ccc(C3CCC3)cc2)CC1. The molecule has 1 aliphatic carbocycles. The van der Waals surface area contributed by atoms with E-state index in [4.69, 9.17) is 0 Å². The van der Waals surface area contributed by atoms with Crippen molar-refractivity contribution in [2.75, 3.05) is 38.0 Å². The lowest BCUT2D eigenvalue weighted by Gasteiger charge is -2.35. The molecule has 126 valence electrons. The third-order valence-electron chi connectivity index (χ3n) is 4.92. The van der Waals surface area contributed by atoms with Crippen LogP contribution in [0.2, 0.25) is 0 Å². The van der Waals surface area contributed by atoms with Crippen LogP contribution in [0.5, 0.6) is 0 Å². The molecule has 2 aliphatic rings. The summed E-state index contributed by atoms with van der Waals surface area (Å²) in [5.74, 6) is 0.724. The standard InChI is InChI=1S/C18H27N3O2/c1-14(22)13-20-9-11-21(12-10-20)18(23)19-17-7-5-16(6-8-17)15-3-2-4-15/h5-8,14-15,22H,2-4,9-13H2,1H3,(H,19,23)/t14-/m0/s1. The molecule has 3 rings (SSSR count). The van der Waals surface area contributed by atoms with Crippen LogP contribution in [-0.2, 0) is 0 Å². The molecule has 0 bridgehead atoms. The van der Waals surface area contributed by atoms with Gasteiger partial charge in [0, 0.05) is 38.4 Å². The molecule has 2 fully saturated rings. The molecule has 0 radical (unpaired) electrons. The number of nitrogens with one attached hydrogen (secondary N) is 1. The Labute approximate surface area is 138 Å². The van der Waals surface area contributed by atoms with Gasteiger partial charge in [0.05, 0.1) is 6.10 Å². The van der Waals surface area contributed by atoms with Crippen LogP contribution in [0.3, 0.4) is 0 Å². The van der Waals surface area contributed by atoms with E-state index in [0.717, 1.165) is 24.7 Å². The molecule has 2 N–H and O–H groups in total. The topological polar surface area (TPSA) is 55.8 Å². The molecule has 1 atom stereocenters. The number of carbonyl (C=O) groups is 1. The summed E-state index contributed by atoms with van der Waals surface area (Å²) < 4.78 is 0. The molecule has 1 aliphatic heterocycles. The summed E-state index contributed by atoms with van der Waals surface area (Å²) >= 11 is 0. The van der Waals surface area contributed by atoms with Crippen molar-refractivity contribution in [1.29, 1.82) is 0 Å². The van der Waals surface area contributed by atoms with Crippen molar-refractivity contribution in [3.8, 4) is 0 Å². The molecule has 1 heterocycles. The van der Waals surface area contributed by atoms with Gasteiger partial charge < -0.3 is 15.3 Å². The van der Waals surface area contributed by atoms with E-state index in [-0.39, 0.29) is 12.1 Å². The molecular formula is C18H27N3O2. The van der Waals surface area contributed by atoms with Crippen LogP contribution < -0.4 is 5.32 Å². The first kappa shape index (κ1) is 16.3. The van der Waals surface area contributed by atoms with Gasteiger partial charge in [0.25, 0.3) is 0 Å². The molecule has 1 saturated carbocycles. The number of β-amino-alcohol motifs (C(OH)–C–C–N with tert-alkyl or cyclic N) is 1. The Morgan fingerprint density at radius 3 is 2.39 bits per heavy atom. The maximum absolute atomic E-state index is 12.3. The maximum Gasteiger partial charge on any atom is 0.321 e. The smallest absolute Gasteiger partial charge is 0.321 e. The molecule has 1 aromatic carbocycles. The number of anilines is 1. The monoisotopic (exact) mass is 317 g/mol. The number of benzene rings is 1. The zero-order valence-electron chi connectivity index (χ0n) is 13.9. The van der Waals surface area contributed by atoms with E-state index in [9.17, 15) is 9.90 Å². The summed E-state index contributed by atoms with van der Waals surface area (Å²) in [5, 5.41) is 12.4. The van der Waals surface area contributed by atoms with Crippen molar-refractivity contribution in [3.05, 3.63) is 29.8 Å². The van der Waals surface area contributed by atoms with Crippen molar-refractivity contribution in [2.45, 2.75) is 38.2 Å². The van der Waals surface area contributed by atoms with Gasteiger partial charge in [-0.2, -0.15) is 0 Å². The minimum atomic E-state index is -0.315. The van der Waals surface area contributed by atoms with Gasteiger partial charge in [-0.15, -0.1) is 0 Å². The molecule has 5 heteroatoms. The highest BCUT2D eigenvalue weighted by Gasteiger charge is 2.22. The van der Waals surface area contributed by atoms with Gasteiger partial charge in [-0.25, -0.2) is 4.79 Å². The van der Waals surface area contributed by atoms with Crippen LogP contribution in [-0.4, -0.2) is 59.8 Å². The average molecular weight is 317 g/mol. The van der Waals surface area contributed by atoms with E-state index >= 15 is 0 Å². The second-order valence-electron chi connectivity index (χ2n) is 6.82. The number of piperazine rings is 1. The molecule has 1 aromatic rings. The van der Waals surface area contributed by atoms with Gasteiger partial charge in [0.2, 0.25) is 0 Å². The van der Waals surface area contributed by atoms with Gasteiger partial charge in [-0.1, -0.05) is 18.6 Å². The number of rotatable bonds is 4. The second kappa shape index (κ2) is 7.32. The number of hydrogen-bond acceptors (Lipinski definition) is 3. The van der Waals surface area contributed by atoms with Crippen LogP contribution in [0.4, 0.5) is 10.5 Å². The molecule has 23 heavy (non-hydrogen) atoms. The van der Waals surface area contributed by atoms with Gasteiger partial charge in [0.15, 0.2) is 0 Å². The Morgan fingerprint density at radius 2 is 1.87 bits per heavy atom. The van der Waals surface area contributed by atoms with Crippen LogP contribution in [0.1, 0.15) is 37.7 Å². The van der Waals surface area contributed by atoms with Crippen molar-refractivity contribution in [3.63, 3.8) is 0 Å². The number of amides is 2. The van der Waals surface area contributed by atoms with Crippen molar-refractivity contribution in [1.82, 2.24) is 9.80 Å². The first-order chi connectivity index (χ1) is 11.1. The van der Waals surface area contributed by atoms with E-state index in [0.29, 0.717) is 19.6 Å². The first-order valence-electron chi connectivity index (χ1n) is 8.68. The van der Waals surface area contributed by atoms with E-state index in [1.165, 1.54) is 24.8 Å². The van der Waals surface area contributed by atoms with Crippen LogP contribution in [0.15, 0.2) is 24.3 Å². The van der Waals surface area contributed by atoms with Crippen molar-refractivity contribution < 1.29 is 9.90 Å². The van der Waals surface area contributed by atoms with E-state index < -0.39 is 0 Å². The lowest BCUT2D eigenvalue weighted by atomic mass is 9.80. The number of nitrogens with zero attached hydrogens (tertiary/aromatic N) is 2. The van der Waals surface area contributed by atoms with Crippen LogP contribution in [0.25, 0.3) is 0 Å².